The van der Waals surface area contributed by atoms with Crippen LogP contribution in [0.5, 0.6) is 0 Å². The molecule has 2 nitrogen and oxygen atoms in total. The van der Waals surface area contributed by atoms with Gasteiger partial charge in [0.15, 0.2) is 0 Å². The molecule has 0 atom stereocenters. The van der Waals surface area contributed by atoms with E-state index < -0.39 is 5.97 Å². The number of carboxylic acids is 1. The molecular weight excluding hydrogens is 292 g/mol. The van der Waals surface area contributed by atoms with E-state index >= 15 is 0 Å². The third-order valence-electron chi connectivity index (χ3n) is 2.49. The monoisotopic (exact) mass is 302 g/mol. The Kier molecular flexibility index (Phi) is 3.95. The molecule has 0 heterocycles. The molecule has 0 fully saturated rings. The maximum absolute atomic E-state index is 10.9. The Morgan fingerprint density at radius 3 is 2.28 bits per heavy atom. The Morgan fingerprint density at radius 2 is 1.67 bits per heavy atom. The topological polar surface area (TPSA) is 37.3 Å². The molecule has 0 radical (unpaired) electrons. The molecule has 0 spiro atoms. The van der Waals surface area contributed by atoms with Crippen molar-refractivity contribution in [3.63, 3.8) is 0 Å². The number of hydrogen-bond acceptors (Lipinski definition) is 1. The van der Waals surface area contributed by atoms with Crippen molar-refractivity contribution >= 4 is 34.1 Å². The first-order chi connectivity index (χ1) is 8.66. The minimum Gasteiger partial charge on any atom is -0.478 e. The second-order valence-corrected chi connectivity index (χ2v) is 4.64. The van der Waals surface area contributed by atoms with Gasteiger partial charge in [-0.05, 0) is 39.2 Å². The molecule has 0 amide bonds. The normalized spacial score (nSPS) is 10.7. The molecule has 0 saturated carbocycles. The van der Waals surface area contributed by atoms with Crippen molar-refractivity contribution in [1.29, 1.82) is 0 Å². The third kappa shape index (κ3) is 3.08. The molecular formula is C15H11BrO2. The number of benzene rings is 2. The van der Waals surface area contributed by atoms with Crippen molar-refractivity contribution in [2.24, 2.45) is 0 Å². The average molecular weight is 303 g/mol. The van der Waals surface area contributed by atoms with Crippen LogP contribution in [0.1, 0.15) is 21.5 Å². The Morgan fingerprint density at radius 1 is 1.00 bits per heavy atom. The van der Waals surface area contributed by atoms with Gasteiger partial charge in [0.25, 0.3) is 0 Å². The SMILES string of the molecule is O=C(O)c1ccc(C=Cc2ccccc2)cc1Br. The highest BCUT2D eigenvalue weighted by atomic mass is 79.9. The van der Waals surface area contributed by atoms with Gasteiger partial charge in [0, 0.05) is 4.47 Å². The fourth-order valence-corrected chi connectivity index (χ4v) is 2.13. The zero-order chi connectivity index (χ0) is 13.0. The molecule has 2 aromatic rings. The van der Waals surface area contributed by atoms with E-state index in [0.717, 1.165) is 11.1 Å². The molecule has 90 valence electrons. The summed E-state index contributed by atoms with van der Waals surface area (Å²) in [6, 6.07) is 15.1. The largest absolute Gasteiger partial charge is 0.478 e. The van der Waals surface area contributed by atoms with Crippen molar-refractivity contribution in [3.05, 3.63) is 69.7 Å². The summed E-state index contributed by atoms with van der Waals surface area (Å²) in [6.07, 6.45) is 3.94. The minimum absolute atomic E-state index is 0.270. The van der Waals surface area contributed by atoms with E-state index in [1.54, 1.807) is 18.2 Å². The number of rotatable bonds is 3. The van der Waals surface area contributed by atoms with Gasteiger partial charge < -0.3 is 5.11 Å². The Bertz CT molecular complexity index is 589. The van der Waals surface area contributed by atoms with E-state index in [4.69, 9.17) is 5.11 Å². The smallest absolute Gasteiger partial charge is 0.336 e. The summed E-state index contributed by atoms with van der Waals surface area (Å²) in [5.41, 5.74) is 2.33. The maximum Gasteiger partial charge on any atom is 0.336 e. The van der Waals surface area contributed by atoms with Crippen molar-refractivity contribution in [2.75, 3.05) is 0 Å². The molecule has 2 rings (SSSR count). The van der Waals surface area contributed by atoms with Gasteiger partial charge in [-0.2, -0.15) is 0 Å². The van der Waals surface area contributed by atoms with Gasteiger partial charge in [0.05, 0.1) is 5.56 Å². The van der Waals surface area contributed by atoms with Crippen molar-refractivity contribution in [3.8, 4) is 0 Å². The third-order valence-corrected chi connectivity index (χ3v) is 3.15. The number of hydrogen-bond donors (Lipinski definition) is 1. The van der Waals surface area contributed by atoms with Gasteiger partial charge in [0.1, 0.15) is 0 Å². The van der Waals surface area contributed by atoms with Gasteiger partial charge in [-0.15, -0.1) is 0 Å². The molecule has 0 saturated heterocycles. The molecule has 0 aliphatic carbocycles. The predicted molar refractivity (Wildman–Crippen MR) is 76.5 cm³/mol. The summed E-state index contributed by atoms with van der Waals surface area (Å²) in [4.78, 5) is 10.9. The summed E-state index contributed by atoms with van der Waals surface area (Å²) in [7, 11) is 0. The molecule has 0 aliphatic rings. The number of carboxylic acid groups (broad SMARTS) is 1. The quantitative estimate of drug-likeness (QED) is 0.858. The Balaban J connectivity index is 2.23. The second kappa shape index (κ2) is 5.65. The van der Waals surface area contributed by atoms with Crippen LogP contribution in [0, 0.1) is 0 Å². The molecule has 0 bridgehead atoms. The van der Waals surface area contributed by atoms with Crippen LogP contribution in [0.15, 0.2) is 53.0 Å². The first-order valence-corrected chi connectivity index (χ1v) is 6.22. The van der Waals surface area contributed by atoms with Crippen LogP contribution in [0.3, 0.4) is 0 Å². The lowest BCUT2D eigenvalue weighted by Gasteiger charge is -2.00. The number of carbonyl (C=O) groups is 1. The van der Waals surface area contributed by atoms with Crippen LogP contribution < -0.4 is 0 Å². The summed E-state index contributed by atoms with van der Waals surface area (Å²) in [6.45, 7) is 0. The first kappa shape index (κ1) is 12.6. The highest BCUT2D eigenvalue weighted by Crippen LogP contribution is 2.20. The molecule has 0 unspecified atom stereocenters. The van der Waals surface area contributed by atoms with Crippen LogP contribution in [0.25, 0.3) is 12.2 Å². The fourth-order valence-electron chi connectivity index (χ4n) is 1.57. The fraction of sp³-hybridized carbons (Fsp3) is 0. The van der Waals surface area contributed by atoms with Crippen molar-refractivity contribution < 1.29 is 9.90 Å². The standard InChI is InChI=1S/C15H11BrO2/c16-14-10-12(8-9-13(14)15(17)18)7-6-11-4-2-1-3-5-11/h1-10H,(H,17,18). The summed E-state index contributed by atoms with van der Waals surface area (Å²) in [5, 5.41) is 8.92. The van der Waals surface area contributed by atoms with E-state index in [0.29, 0.717) is 4.47 Å². The molecule has 0 aromatic heterocycles. The van der Waals surface area contributed by atoms with E-state index in [1.165, 1.54) is 0 Å². The molecule has 1 N–H and O–H groups in total. The van der Waals surface area contributed by atoms with E-state index in [2.05, 4.69) is 15.9 Å². The molecule has 3 heteroatoms. The van der Waals surface area contributed by atoms with Crippen LogP contribution in [-0.2, 0) is 0 Å². The lowest BCUT2D eigenvalue weighted by Crippen LogP contribution is -1.97. The summed E-state index contributed by atoms with van der Waals surface area (Å²) >= 11 is 3.26. The van der Waals surface area contributed by atoms with Gasteiger partial charge in [-0.3, -0.25) is 0 Å². The van der Waals surface area contributed by atoms with Gasteiger partial charge in [-0.25, -0.2) is 4.79 Å². The van der Waals surface area contributed by atoms with E-state index in [-0.39, 0.29) is 5.56 Å². The lowest BCUT2D eigenvalue weighted by atomic mass is 10.1. The number of halogens is 1. The summed E-state index contributed by atoms with van der Waals surface area (Å²) < 4.78 is 0.588. The number of aromatic carboxylic acids is 1. The van der Waals surface area contributed by atoms with Crippen molar-refractivity contribution in [1.82, 2.24) is 0 Å². The second-order valence-electron chi connectivity index (χ2n) is 3.79. The summed E-state index contributed by atoms with van der Waals surface area (Å²) in [5.74, 6) is -0.930. The zero-order valence-corrected chi connectivity index (χ0v) is 11.1. The maximum atomic E-state index is 10.9. The Labute approximate surface area is 114 Å². The van der Waals surface area contributed by atoms with Crippen LogP contribution in [-0.4, -0.2) is 11.1 Å². The first-order valence-electron chi connectivity index (χ1n) is 5.43. The van der Waals surface area contributed by atoms with Crippen LogP contribution in [0.2, 0.25) is 0 Å². The Hall–Kier alpha value is -1.87. The predicted octanol–water partition coefficient (Wildman–Crippen LogP) is 4.32. The zero-order valence-electron chi connectivity index (χ0n) is 9.51. The van der Waals surface area contributed by atoms with E-state index in [9.17, 15) is 4.79 Å². The molecule has 0 aliphatic heterocycles. The highest BCUT2D eigenvalue weighted by Gasteiger charge is 2.07. The lowest BCUT2D eigenvalue weighted by molar-refractivity contribution is 0.0696. The minimum atomic E-state index is -0.930. The van der Waals surface area contributed by atoms with Crippen molar-refractivity contribution in [2.45, 2.75) is 0 Å². The van der Waals surface area contributed by atoms with Crippen LogP contribution in [0.4, 0.5) is 0 Å². The van der Waals surface area contributed by atoms with Crippen LogP contribution >= 0.6 is 15.9 Å². The average Bonchev–Trinajstić information content (AvgIpc) is 2.37. The molecule has 2 aromatic carbocycles. The van der Waals surface area contributed by atoms with Gasteiger partial charge in [0.2, 0.25) is 0 Å². The highest BCUT2D eigenvalue weighted by molar-refractivity contribution is 9.10. The molecule has 18 heavy (non-hydrogen) atoms. The van der Waals surface area contributed by atoms with E-state index in [1.807, 2.05) is 42.5 Å². The van der Waals surface area contributed by atoms with Gasteiger partial charge >= 0.3 is 5.97 Å². The van der Waals surface area contributed by atoms with Gasteiger partial charge in [-0.1, -0.05) is 48.6 Å².